The molecule has 0 saturated carbocycles. The van der Waals surface area contributed by atoms with Gasteiger partial charge < -0.3 is 10.1 Å². The summed E-state index contributed by atoms with van der Waals surface area (Å²) >= 11 is 3.52. The van der Waals surface area contributed by atoms with E-state index in [-0.39, 0.29) is 18.2 Å². The molecule has 0 bridgehead atoms. The van der Waals surface area contributed by atoms with Crippen molar-refractivity contribution in [3.63, 3.8) is 0 Å². The van der Waals surface area contributed by atoms with Crippen molar-refractivity contribution in [2.75, 3.05) is 19.0 Å². The van der Waals surface area contributed by atoms with Crippen LogP contribution in [0, 0.1) is 3.57 Å². The molecule has 6 nitrogen and oxygen atoms in total. The number of anilines is 1. The number of amides is 2. The molecule has 2 aromatic rings. The standard InChI is InChI=1S/C20H20IN3O3S/c1-3-27-16-10-8-14(9-11-16)22-19(26)17-12-18(25)24(2)20(28-17)23-15-6-4-13(21)5-7-15/h4-11,17H,3,12H2,1-2H3,(H,22,26). The SMILES string of the molecule is CCOc1ccc(NC(=O)C2CC(=O)N(C)C(=Nc3ccc(I)cc3)S2)cc1. The first-order valence-corrected chi connectivity index (χ1v) is 10.7. The minimum Gasteiger partial charge on any atom is -0.494 e. The molecule has 1 fully saturated rings. The van der Waals surface area contributed by atoms with Crippen LogP contribution in [0.25, 0.3) is 0 Å². The summed E-state index contributed by atoms with van der Waals surface area (Å²) in [6.07, 6.45) is 0.135. The lowest BCUT2D eigenvalue weighted by Crippen LogP contribution is -2.43. The Morgan fingerprint density at radius 2 is 1.93 bits per heavy atom. The zero-order valence-electron chi connectivity index (χ0n) is 15.5. The van der Waals surface area contributed by atoms with E-state index in [1.54, 1.807) is 31.3 Å². The van der Waals surface area contributed by atoms with Crippen LogP contribution in [0.1, 0.15) is 13.3 Å². The Kier molecular flexibility index (Phi) is 6.95. The van der Waals surface area contributed by atoms with Gasteiger partial charge in [0, 0.05) is 22.7 Å². The summed E-state index contributed by atoms with van der Waals surface area (Å²) in [4.78, 5) is 31.1. The van der Waals surface area contributed by atoms with E-state index < -0.39 is 5.25 Å². The molecule has 1 aliphatic heterocycles. The molecule has 1 aliphatic rings. The molecule has 3 rings (SSSR count). The molecule has 146 valence electrons. The highest BCUT2D eigenvalue weighted by Crippen LogP contribution is 2.29. The van der Waals surface area contributed by atoms with E-state index in [0.29, 0.717) is 17.5 Å². The second-order valence-corrected chi connectivity index (χ2v) is 8.50. The topological polar surface area (TPSA) is 71.0 Å². The Bertz CT molecular complexity index is 885. The number of benzene rings is 2. The van der Waals surface area contributed by atoms with Crippen molar-refractivity contribution in [1.82, 2.24) is 4.90 Å². The lowest BCUT2D eigenvalue weighted by molar-refractivity contribution is -0.128. The van der Waals surface area contributed by atoms with Crippen molar-refractivity contribution in [3.8, 4) is 5.75 Å². The lowest BCUT2D eigenvalue weighted by atomic mass is 10.2. The van der Waals surface area contributed by atoms with E-state index >= 15 is 0 Å². The molecule has 0 aliphatic carbocycles. The maximum Gasteiger partial charge on any atom is 0.238 e. The van der Waals surface area contributed by atoms with Crippen LogP contribution in [0.2, 0.25) is 0 Å². The first-order chi connectivity index (χ1) is 13.5. The molecule has 28 heavy (non-hydrogen) atoms. The number of thioether (sulfide) groups is 1. The third-order valence-electron chi connectivity index (χ3n) is 4.05. The summed E-state index contributed by atoms with van der Waals surface area (Å²) in [5.41, 5.74) is 1.41. The summed E-state index contributed by atoms with van der Waals surface area (Å²) in [6, 6.07) is 14.8. The van der Waals surface area contributed by atoms with E-state index in [2.05, 4.69) is 32.9 Å². The predicted octanol–water partition coefficient (Wildman–Crippen LogP) is 4.28. The van der Waals surface area contributed by atoms with Crippen molar-refractivity contribution in [2.24, 2.45) is 4.99 Å². The predicted molar refractivity (Wildman–Crippen MR) is 121 cm³/mol. The molecule has 1 N–H and O–H groups in total. The molecule has 2 aromatic carbocycles. The summed E-state index contributed by atoms with van der Waals surface area (Å²) in [7, 11) is 1.68. The first kappa shape index (κ1) is 20.7. The van der Waals surface area contributed by atoms with E-state index in [1.165, 1.54) is 16.7 Å². The number of nitrogens with one attached hydrogen (secondary N) is 1. The Morgan fingerprint density at radius 1 is 1.25 bits per heavy atom. The van der Waals surface area contributed by atoms with Crippen LogP contribution in [0.4, 0.5) is 11.4 Å². The van der Waals surface area contributed by atoms with Crippen molar-refractivity contribution >= 4 is 62.7 Å². The summed E-state index contributed by atoms with van der Waals surface area (Å²) in [6.45, 7) is 2.50. The fourth-order valence-corrected chi connectivity index (χ4v) is 3.97. The van der Waals surface area contributed by atoms with Gasteiger partial charge in [0.2, 0.25) is 11.8 Å². The van der Waals surface area contributed by atoms with Crippen LogP contribution in [0.5, 0.6) is 5.75 Å². The van der Waals surface area contributed by atoms with Gasteiger partial charge in [0.1, 0.15) is 11.0 Å². The van der Waals surface area contributed by atoms with Gasteiger partial charge >= 0.3 is 0 Å². The molecule has 1 heterocycles. The Morgan fingerprint density at radius 3 is 2.57 bits per heavy atom. The fourth-order valence-electron chi connectivity index (χ4n) is 2.55. The van der Waals surface area contributed by atoms with Crippen molar-refractivity contribution < 1.29 is 14.3 Å². The number of aliphatic imine (C=N–C) groups is 1. The van der Waals surface area contributed by atoms with Gasteiger partial charge in [-0.1, -0.05) is 11.8 Å². The molecule has 0 aromatic heterocycles. The van der Waals surface area contributed by atoms with Crippen LogP contribution in [-0.2, 0) is 9.59 Å². The highest BCUT2D eigenvalue weighted by atomic mass is 127. The highest BCUT2D eigenvalue weighted by molar-refractivity contribution is 14.1. The number of halogens is 1. The number of rotatable bonds is 5. The molecular weight excluding hydrogens is 489 g/mol. The number of hydrogen-bond donors (Lipinski definition) is 1. The van der Waals surface area contributed by atoms with Gasteiger partial charge in [0.05, 0.1) is 12.3 Å². The maximum absolute atomic E-state index is 12.7. The lowest BCUT2D eigenvalue weighted by Gasteiger charge is -2.28. The molecule has 1 saturated heterocycles. The zero-order valence-corrected chi connectivity index (χ0v) is 18.5. The molecule has 1 atom stereocenters. The van der Waals surface area contributed by atoms with Crippen molar-refractivity contribution in [3.05, 3.63) is 52.1 Å². The largest absolute Gasteiger partial charge is 0.494 e. The Labute approximate surface area is 181 Å². The van der Waals surface area contributed by atoms with Crippen LogP contribution >= 0.6 is 34.4 Å². The second kappa shape index (κ2) is 9.42. The second-order valence-electron chi connectivity index (χ2n) is 6.08. The molecule has 0 spiro atoms. The number of nitrogens with zero attached hydrogens (tertiary/aromatic N) is 2. The monoisotopic (exact) mass is 509 g/mol. The third kappa shape index (κ3) is 5.26. The van der Waals surface area contributed by atoms with Gasteiger partial charge in [-0.3, -0.25) is 14.5 Å². The Balaban J connectivity index is 1.71. The minimum absolute atomic E-state index is 0.130. The normalized spacial score (nSPS) is 18.2. The van der Waals surface area contributed by atoms with Gasteiger partial charge in [-0.25, -0.2) is 4.99 Å². The molecule has 0 radical (unpaired) electrons. The van der Waals surface area contributed by atoms with Crippen molar-refractivity contribution in [2.45, 2.75) is 18.6 Å². The smallest absolute Gasteiger partial charge is 0.238 e. The third-order valence-corrected chi connectivity index (χ3v) is 6.01. The summed E-state index contributed by atoms with van der Waals surface area (Å²) in [5.74, 6) is 0.400. The van der Waals surface area contributed by atoms with Gasteiger partial charge in [-0.05, 0) is 78.0 Å². The van der Waals surface area contributed by atoms with Gasteiger partial charge in [-0.2, -0.15) is 0 Å². The van der Waals surface area contributed by atoms with Gasteiger partial charge in [-0.15, -0.1) is 0 Å². The summed E-state index contributed by atoms with van der Waals surface area (Å²) in [5, 5.41) is 2.85. The molecule has 2 amide bonds. The average Bonchev–Trinajstić information content (AvgIpc) is 2.68. The van der Waals surface area contributed by atoms with Crippen LogP contribution < -0.4 is 10.1 Å². The van der Waals surface area contributed by atoms with E-state index in [9.17, 15) is 9.59 Å². The van der Waals surface area contributed by atoms with E-state index in [1.807, 2.05) is 31.2 Å². The summed E-state index contributed by atoms with van der Waals surface area (Å²) < 4.78 is 6.51. The number of ether oxygens (including phenoxy) is 1. The minimum atomic E-state index is -0.530. The van der Waals surface area contributed by atoms with E-state index in [4.69, 9.17) is 4.74 Å². The van der Waals surface area contributed by atoms with Gasteiger partial charge in [0.15, 0.2) is 5.17 Å². The van der Waals surface area contributed by atoms with Crippen LogP contribution in [0.15, 0.2) is 53.5 Å². The number of hydrogen-bond acceptors (Lipinski definition) is 5. The molecular formula is C20H20IN3O3S. The van der Waals surface area contributed by atoms with Gasteiger partial charge in [0.25, 0.3) is 0 Å². The quantitative estimate of drug-likeness (QED) is 0.611. The Hall–Kier alpha value is -2.07. The highest BCUT2D eigenvalue weighted by Gasteiger charge is 2.34. The zero-order chi connectivity index (χ0) is 20.1. The number of carbonyl (C=O) groups excluding carboxylic acids is 2. The number of carbonyl (C=O) groups is 2. The number of amidine groups is 1. The first-order valence-electron chi connectivity index (χ1n) is 8.77. The van der Waals surface area contributed by atoms with Crippen LogP contribution in [0.3, 0.4) is 0 Å². The molecule has 8 heteroatoms. The fraction of sp³-hybridized carbons (Fsp3) is 0.250. The van der Waals surface area contributed by atoms with Crippen LogP contribution in [-0.4, -0.2) is 40.8 Å². The van der Waals surface area contributed by atoms with E-state index in [0.717, 1.165) is 15.0 Å². The average molecular weight is 509 g/mol. The molecule has 1 unspecified atom stereocenters. The van der Waals surface area contributed by atoms with Crippen molar-refractivity contribution in [1.29, 1.82) is 0 Å². The maximum atomic E-state index is 12.7.